The first-order chi connectivity index (χ1) is 9.61. The number of nitro groups is 1. The van der Waals surface area contributed by atoms with Crippen LogP contribution in [0.1, 0.15) is 25.7 Å². The molecule has 2 unspecified atom stereocenters. The van der Waals surface area contributed by atoms with Crippen LogP contribution >= 0.6 is 11.6 Å². The van der Waals surface area contributed by atoms with Crippen LogP contribution in [0.15, 0.2) is 18.2 Å². The Kier molecular flexibility index (Phi) is 5.20. The van der Waals surface area contributed by atoms with Gasteiger partial charge in [0.25, 0.3) is 0 Å². The highest BCUT2D eigenvalue weighted by atomic mass is 35.5. The lowest BCUT2D eigenvalue weighted by atomic mass is 9.80. The molecule has 0 saturated heterocycles. The summed E-state index contributed by atoms with van der Waals surface area (Å²) in [5.74, 6) is 1.11. The van der Waals surface area contributed by atoms with Gasteiger partial charge in [0.1, 0.15) is 0 Å². The van der Waals surface area contributed by atoms with Crippen molar-refractivity contribution in [1.82, 2.24) is 0 Å². The molecule has 1 saturated carbocycles. The minimum Gasteiger partial charge on any atom is -0.487 e. The Labute approximate surface area is 123 Å². The number of halogens is 1. The zero-order chi connectivity index (χ0) is 14.5. The Morgan fingerprint density at radius 3 is 2.70 bits per heavy atom. The molecular weight excluding hydrogens is 280 g/mol. The third-order valence-electron chi connectivity index (χ3n) is 3.94. The number of hydrogen-bond acceptors (Lipinski definition) is 4. The lowest BCUT2D eigenvalue weighted by Crippen LogP contribution is -2.30. The Balaban J connectivity index is 2.04. The molecule has 0 radical (unpaired) electrons. The van der Waals surface area contributed by atoms with E-state index in [2.05, 4.69) is 0 Å². The van der Waals surface area contributed by atoms with Crippen LogP contribution in [0.5, 0.6) is 5.75 Å². The van der Waals surface area contributed by atoms with Crippen molar-refractivity contribution in [3.05, 3.63) is 33.3 Å². The third-order valence-corrected chi connectivity index (χ3v) is 4.17. The van der Waals surface area contributed by atoms with Crippen LogP contribution in [0.4, 0.5) is 5.69 Å². The van der Waals surface area contributed by atoms with Gasteiger partial charge >= 0.3 is 5.69 Å². The van der Waals surface area contributed by atoms with Crippen molar-refractivity contribution in [2.45, 2.75) is 25.7 Å². The summed E-state index contributed by atoms with van der Waals surface area (Å²) in [7, 11) is 0. The van der Waals surface area contributed by atoms with Crippen molar-refractivity contribution >= 4 is 17.3 Å². The number of nitrogens with zero attached hydrogens (tertiary/aromatic N) is 1. The molecule has 6 heteroatoms. The first-order valence-electron chi connectivity index (χ1n) is 6.88. The Morgan fingerprint density at radius 1 is 1.35 bits per heavy atom. The molecular formula is C14H19ClN2O3. The molecule has 0 spiro atoms. The van der Waals surface area contributed by atoms with Crippen molar-refractivity contribution in [1.29, 1.82) is 0 Å². The summed E-state index contributed by atoms with van der Waals surface area (Å²) in [6.45, 7) is 1.13. The summed E-state index contributed by atoms with van der Waals surface area (Å²) in [4.78, 5) is 10.5. The summed E-state index contributed by atoms with van der Waals surface area (Å²) in [5, 5.41) is 11.3. The maximum atomic E-state index is 11.0. The largest absolute Gasteiger partial charge is 0.487 e. The molecule has 0 amide bonds. The SMILES string of the molecule is NCC1CCCCC1COc1ccc(Cl)cc1[N+](=O)[O-]. The van der Waals surface area contributed by atoms with Gasteiger partial charge in [-0.15, -0.1) is 0 Å². The second-order valence-electron chi connectivity index (χ2n) is 5.22. The van der Waals surface area contributed by atoms with Crippen LogP contribution in [0.25, 0.3) is 0 Å². The molecule has 0 heterocycles. The Bertz CT molecular complexity index is 481. The predicted octanol–water partition coefficient (Wildman–Crippen LogP) is 3.39. The summed E-state index contributed by atoms with van der Waals surface area (Å²) in [5.41, 5.74) is 5.69. The van der Waals surface area contributed by atoms with Gasteiger partial charge in [0.05, 0.1) is 11.5 Å². The Morgan fingerprint density at radius 2 is 2.05 bits per heavy atom. The van der Waals surface area contributed by atoms with Crippen LogP contribution < -0.4 is 10.5 Å². The second-order valence-corrected chi connectivity index (χ2v) is 5.66. The maximum absolute atomic E-state index is 11.0. The lowest BCUT2D eigenvalue weighted by Gasteiger charge is -2.30. The van der Waals surface area contributed by atoms with Gasteiger partial charge in [-0.05, 0) is 43.4 Å². The van der Waals surface area contributed by atoms with E-state index in [-0.39, 0.29) is 11.4 Å². The molecule has 5 nitrogen and oxygen atoms in total. The standard InChI is InChI=1S/C14H19ClN2O3/c15-12-5-6-14(13(7-12)17(18)19)20-9-11-4-2-1-3-10(11)8-16/h5-7,10-11H,1-4,8-9,16H2. The van der Waals surface area contributed by atoms with Crippen molar-refractivity contribution in [3.63, 3.8) is 0 Å². The third kappa shape index (κ3) is 3.61. The van der Waals surface area contributed by atoms with E-state index in [1.807, 2.05) is 0 Å². The average molecular weight is 299 g/mol. The number of nitro benzene ring substituents is 1. The minimum absolute atomic E-state index is 0.0855. The second kappa shape index (κ2) is 6.90. The van der Waals surface area contributed by atoms with E-state index in [4.69, 9.17) is 22.1 Å². The van der Waals surface area contributed by atoms with Gasteiger partial charge in [-0.3, -0.25) is 10.1 Å². The fraction of sp³-hybridized carbons (Fsp3) is 0.571. The number of benzene rings is 1. The summed E-state index contributed by atoms with van der Waals surface area (Å²) in [6, 6.07) is 4.48. The van der Waals surface area contributed by atoms with E-state index in [1.165, 1.54) is 18.9 Å². The molecule has 2 atom stereocenters. The average Bonchev–Trinajstić information content (AvgIpc) is 2.46. The monoisotopic (exact) mass is 298 g/mol. The number of nitrogens with two attached hydrogens (primary N) is 1. The molecule has 1 aliphatic carbocycles. The summed E-state index contributed by atoms with van der Waals surface area (Å²) >= 11 is 5.78. The van der Waals surface area contributed by atoms with Crippen molar-refractivity contribution in [2.24, 2.45) is 17.6 Å². The maximum Gasteiger partial charge on any atom is 0.312 e. The van der Waals surface area contributed by atoms with Gasteiger partial charge in [0.2, 0.25) is 0 Å². The molecule has 1 fully saturated rings. The molecule has 0 bridgehead atoms. The zero-order valence-electron chi connectivity index (χ0n) is 11.3. The van der Waals surface area contributed by atoms with E-state index in [9.17, 15) is 10.1 Å². The highest BCUT2D eigenvalue weighted by molar-refractivity contribution is 6.30. The topological polar surface area (TPSA) is 78.4 Å². The van der Waals surface area contributed by atoms with Gasteiger partial charge in [-0.25, -0.2) is 0 Å². The molecule has 2 N–H and O–H groups in total. The lowest BCUT2D eigenvalue weighted by molar-refractivity contribution is -0.385. The van der Waals surface area contributed by atoms with Crippen molar-refractivity contribution in [2.75, 3.05) is 13.2 Å². The predicted molar refractivity (Wildman–Crippen MR) is 78.1 cm³/mol. The van der Waals surface area contributed by atoms with Crippen LogP contribution in [-0.2, 0) is 0 Å². The van der Waals surface area contributed by atoms with Crippen LogP contribution in [-0.4, -0.2) is 18.1 Å². The molecule has 0 aliphatic heterocycles. The van der Waals surface area contributed by atoms with Gasteiger partial charge in [-0.2, -0.15) is 0 Å². The molecule has 1 aliphatic rings. The normalized spacial score (nSPS) is 22.5. The van der Waals surface area contributed by atoms with Crippen LogP contribution in [0.2, 0.25) is 5.02 Å². The molecule has 1 aromatic carbocycles. The van der Waals surface area contributed by atoms with Gasteiger partial charge < -0.3 is 10.5 Å². The summed E-state index contributed by atoms with van der Waals surface area (Å²) in [6.07, 6.45) is 4.57. The molecule has 110 valence electrons. The van der Waals surface area contributed by atoms with E-state index in [0.717, 1.165) is 12.8 Å². The number of hydrogen-bond donors (Lipinski definition) is 1. The van der Waals surface area contributed by atoms with Crippen LogP contribution in [0, 0.1) is 22.0 Å². The molecule has 2 rings (SSSR count). The molecule has 1 aromatic rings. The Hall–Kier alpha value is -1.33. The first kappa shape index (κ1) is 15.1. The highest BCUT2D eigenvalue weighted by Gasteiger charge is 2.25. The minimum atomic E-state index is -0.470. The quantitative estimate of drug-likeness (QED) is 0.667. The first-order valence-corrected chi connectivity index (χ1v) is 7.26. The fourth-order valence-electron chi connectivity index (χ4n) is 2.77. The fourth-order valence-corrected chi connectivity index (χ4v) is 2.93. The van der Waals surface area contributed by atoms with Crippen molar-refractivity contribution < 1.29 is 9.66 Å². The van der Waals surface area contributed by atoms with E-state index >= 15 is 0 Å². The highest BCUT2D eigenvalue weighted by Crippen LogP contribution is 2.33. The molecule has 0 aromatic heterocycles. The van der Waals surface area contributed by atoms with Gasteiger partial charge in [0.15, 0.2) is 5.75 Å². The van der Waals surface area contributed by atoms with E-state index in [1.54, 1.807) is 12.1 Å². The van der Waals surface area contributed by atoms with Gasteiger partial charge in [0, 0.05) is 11.1 Å². The van der Waals surface area contributed by atoms with E-state index < -0.39 is 4.92 Å². The number of ether oxygens (including phenoxy) is 1. The van der Waals surface area contributed by atoms with Gasteiger partial charge in [-0.1, -0.05) is 24.4 Å². The zero-order valence-corrected chi connectivity index (χ0v) is 12.0. The smallest absolute Gasteiger partial charge is 0.312 e. The summed E-state index contributed by atoms with van der Waals surface area (Å²) < 4.78 is 5.67. The number of rotatable bonds is 5. The van der Waals surface area contributed by atoms with Crippen molar-refractivity contribution in [3.8, 4) is 5.75 Å². The van der Waals surface area contributed by atoms with Crippen LogP contribution in [0.3, 0.4) is 0 Å². The molecule has 20 heavy (non-hydrogen) atoms. The van der Waals surface area contributed by atoms with E-state index in [0.29, 0.717) is 30.0 Å².